The van der Waals surface area contributed by atoms with E-state index in [0.717, 1.165) is 37.8 Å². The van der Waals surface area contributed by atoms with Gasteiger partial charge in [0, 0.05) is 69.4 Å². The Morgan fingerprint density at radius 3 is 1.79 bits per heavy atom. The predicted octanol–water partition coefficient (Wildman–Crippen LogP) is 7.03. The number of carboxylic acids is 2. The maximum Gasteiger partial charge on any atom is 0.306 e. The van der Waals surface area contributed by atoms with Gasteiger partial charge < -0.3 is 50.1 Å². The first-order valence-corrected chi connectivity index (χ1v) is 24.6. The molecule has 1 heterocycles. The molecule has 6 N–H and O–H groups in total. The number of aliphatic carboxylic acids is 2. The predicted molar refractivity (Wildman–Crippen MR) is 253 cm³/mol. The van der Waals surface area contributed by atoms with Gasteiger partial charge in [0.05, 0.1) is 57.4 Å². The van der Waals surface area contributed by atoms with Gasteiger partial charge in [-0.15, -0.1) is 0 Å². The second kappa shape index (κ2) is 39.9. The van der Waals surface area contributed by atoms with Crippen LogP contribution in [0.15, 0.2) is 24.8 Å². The van der Waals surface area contributed by atoms with Crippen molar-refractivity contribution in [2.45, 2.75) is 173 Å². The summed E-state index contributed by atoms with van der Waals surface area (Å²) in [5.41, 5.74) is 0.305. The molecule has 0 aliphatic heterocycles. The SMILES string of the molecule is C=C(COCCOCCNC(=O)COCCOCCCC(=O)CCCCCCCCCCCCCCCCC(=O)O)NCCCC[C@H](CC(=O)C(C)(C)NC(=O)CCc1cnc[nH]1)C(=O)O. The van der Waals surface area contributed by atoms with Crippen molar-refractivity contribution in [3.8, 4) is 0 Å². The number of hydrogen-bond donors (Lipinski definition) is 6. The van der Waals surface area contributed by atoms with Gasteiger partial charge in [-0.2, -0.15) is 0 Å². The smallest absolute Gasteiger partial charge is 0.306 e. The summed E-state index contributed by atoms with van der Waals surface area (Å²) in [6, 6.07) is 0. The first-order chi connectivity index (χ1) is 31.8. The first-order valence-electron chi connectivity index (χ1n) is 24.6. The number of unbranched alkanes of at least 4 members (excludes halogenated alkanes) is 14. The molecule has 1 rings (SSSR count). The Bertz CT molecular complexity index is 1470. The number of carboxylic acid groups (broad SMARTS) is 2. The number of nitrogens with one attached hydrogen (secondary N) is 4. The molecule has 1 atom stereocenters. The summed E-state index contributed by atoms with van der Waals surface area (Å²) in [6.07, 6.45) is 23.7. The Morgan fingerprint density at radius 2 is 1.20 bits per heavy atom. The van der Waals surface area contributed by atoms with E-state index in [0.29, 0.717) is 103 Å². The zero-order chi connectivity index (χ0) is 48.5. The average molecular weight is 936 g/mol. The minimum atomic E-state index is -1.18. The molecule has 0 bridgehead atoms. The van der Waals surface area contributed by atoms with E-state index >= 15 is 0 Å². The molecule has 378 valence electrons. The van der Waals surface area contributed by atoms with Gasteiger partial charge >= 0.3 is 11.9 Å². The molecule has 0 saturated heterocycles. The minimum absolute atomic E-state index is 0.0756. The van der Waals surface area contributed by atoms with Crippen LogP contribution in [-0.4, -0.2) is 127 Å². The van der Waals surface area contributed by atoms with Crippen molar-refractivity contribution in [1.82, 2.24) is 25.9 Å². The second-order valence-corrected chi connectivity index (χ2v) is 17.6. The fourth-order valence-electron chi connectivity index (χ4n) is 7.10. The van der Waals surface area contributed by atoms with E-state index in [9.17, 15) is 33.9 Å². The highest BCUT2D eigenvalue weighted by atomic mass is 16.5. The molecule has 1 aromatic heterocycles. The summed E-state index contributed by atoms with van der Waals surface area (Å²) in [6.45, 7) is 10.4. The number of aryl methyl sites for hydroxylation is 1. The quantitative estimate of drug-likeness (QED) is 0.0360. The highest BCUT2D eigenvalue weighted by molar-refractivity contribution is 5.94. The molecule has 0 aromatic carbocycles. The Balaban J connectivity index is 1.88. The average Bonchev–Trinajstić information content (AvgIpc) is 3.80. The van der Waals surface area contributed by atoms with Crippen LogP contribution in [0.1, 0.15) is 167 Å². The number of nitrogens with zero attached hydrogens (tertiary/aromatic N) is 1. The summed E-state index contributed by atoms with van der Waals surface area (Å²) in [4.78, 5) is 78.7. The van der Waals surface area contributed by atoms with E-state index in [1.54, 1.807) is 20.0 Å². The van der Waals surface area contributed by atoms with Gasteiger partial charge in [-0.1, -0.05) is 90.0 Å². The van der Waals surface area contributed by atoms with Crippen molar-refractivity contribution in [1.29, 1.82) is 0 Å². The summed E-state index contributed by atoms with van der Waals surface area (Å²) >= 11 is 0. The number of imidazole rings is 1. The van der Waals surface area contributed by atoms with E-state index in [1.165, 1.54) is 64.1 Å². The molecule has 0 saturated carbocycles. The van der Waals surface area contributed by atoms with Crippen molar-refractivity contribution < 1.29 is 57.9 Å². The third-order valence-electron chi connectivity index (χ3n) is 11.1. The van der Waals surface area contributed by atoms with Crippen LogP contribution in [-0.2, 0) is 54.1 Å². The van der Waals surface area contributed by atoms with Crippen molar-refractivity contribution in [2.24, 2.45) is 5.92 Å². The number of H-pyrrole nitrogens is 1. The highest BCUT2D eigenvalue weighted by Gasteiger charge is 2.33. The molecule has 0 spiro atoms. The fourth-order valence-corrected chi connectivity index (χ4v) is 7.10. The minimum Gasteiger partial charge on any atom is -0.481 e. The molecule has 2 amide bonds. The van der Waals surface area contributed by atoms with Crippen LogP contribution in [0.4, 0.5) is 0 Å². The van der Waals surface area contributed by atoms with Gasteiger partial charge in [0.15, 0.2) is 5.78 Å². The molecule has 17 nitrogen and oxygen atoms in total. The number of rotatable bonds is 48. The largest absolute Gasteiger partial charge is 0.481 e. The molecule has 0 radical (unpaired) electrons. The van der Waals surface area contributed by atoms with E-state index in [4.69, 9.17) is 24.1 Å². The molecule has 1 aromatic rings. The van der Waals surface area contributed by atoms with Gasteiger partial charge in [0.25, 0.3) is 0 Å². The fraction of sp³-hybridized carbons (Fsp3) is 0.776. The maximum atomic E-state index is 12.9. The number of carbonyl (C=O) groups is 6. The lowest BCUT2D eigenvalue weighted by atomic mass is 9.88. The summed E-state index contributed by atoms with van der Waals surface area (Å²) in [7, 11) is 0. The number of ether oxygens (including phenoxy) is 4. The molecule has 66 heavy (non-hydrogen) atoms. The number of aromatic amines is 1. The Labute approximate surface area is 394 Å². The molecule has 0 aliphatic rings. The van der Waals surface area contributed by atoms with Gasteiger partial charge in [-0.25, -0.2) is 4.98 Å². The van der Waals surface area contributed by atoms with Crippen molar-refractivity contribution in [3.63, 3.8) is 0 Å². The van der Waals surface area contributed by atoms with Crippen molar-refractivity contribution in [3.05, 3.63) is 30.5 Å². The molecule has 0 aliphatic carbocycles. The van der Waals surface area contributed by atoms with Crippen LogP contribution in [0.25, 0.3) is 0 Å². The zero-order valence-electron chi connectivity index (χ0n) is 40.4. The lowest BCUT2D eigenvalue weighted by Gasteiger charge is -2.26. The van der Waals surface area contributed by atoms with Gasteiger partial charge in [-0.3, -0.25) is 28.8 Å². The second-order valence-electron chi connectivity index (χ2n) is 17.6. The molecule has 17 heteroatoms. The van der Waals surface area contributed by atoms with Crippen LogP contribution in [0.5, 0.6) is 0 Å². The molecule has 0 unspecified atom stereocenters. The van der Waals surface area contributed by atoms with Gasteiger partial charge in [0.1, 0.15) is 12.4 Å². The normalized spacial score (nSPS) is 11.8. The standard InChI is InChI=1S/C49H85N5O12/c1-40(51-27-19-18-21-41(48(61)62)35-44(56)49(2,3)54-45(57)26-25-42-36-50-39-53-42)37-65-33-32-64-30-28-52-46(58)38-66-34-31-63-29-20-23-43(55)22-16-14-12-10-8-6-4-5-7-9-11-13-15-17-24-47(59)60/h36,39,41,51H,1,4-35,37-38H2,2-3H3,(H,50,53)(H,52,58)(H,54,57)(H,59,60)(H,61,62)/t41-/m1/s1. The number of hydrogen-bond acceptors (Lipinski definition) is 12. The van der Waals surface area contributed by atoms with Crippen LogP contribution in [0.3, 0.4) is 0 Å². The maximum absolute atomic E-state index is 12.9. The summed E-state index contributed by atoms with van der Waals surface area (Å²) in [5.74, 6) is -3.17. The topological polar surface area (TPSA) is 245 Å². The van der Waals surface area contributed by atoms with Crippen molar-refractivity contribution >= 4 is 35.3 Å². The van der Waals surface area contributed by atoms with E-state index in [-0.39, 0.29) is 56.0 Å². The van der Waals surface area contributed by atoms with E-state index < -0.39 is 23.4 Å². The number of ketones is 2. The van der Waals surface area contributed by atoms with Crippen LogP contribution in [0, 0.1) is 5.92 Å². The number of aromatic nitrogens is 2. The Morgan fingerprint density at radius 1 is 0.636 bits per heavy atom. The molecular weight excluding hydrogens is 851 g/mol. The van der Waals surface area contributed by atoms with Crippen LogP contribution < -0.4 is 16.0 Å². The highest BCUT2D eigenvalue weighted by Crippen LogP contribution is 2.19. The lowest BCUT2D eigenvalue weighted by Crippen LogP contribution is -2.50. The summed E-state index contributed by atoms with van der Waals surface area (Å²) in [5, 5.41) is 27.0. The monoisotopic (exact) mass is 936 g/mol. The Kier molecular flexibility index (Phi) is 36.2. The first kappa shape index (κ1) is 59.8. The molecular formula is C49H85N5O12. The summed E-state index contributed by atoms with van der Waals surface area (Å²) < 4.78 is 22.0. The Hall–Kier alpha value is -4.19. The van der Waals surface area contributed by atoms with Gasteiger partial charge in [-0.05, 0) is 52.4 Å². The van der Waals surface area contributed by atoms with Crippen LogP contribution >= 0.6 is 0 Å². The third kappa shape index (κ3) is 36.0. The number of Topliss-reactive ketones (excluding diaryl/α,β-unsaturated/α-hetero) is 2. The zero-order valence-corrected chi connectivity index (χ0v) is 40.4. The molecule has 0 fully saturated rings. The van der Waals surface area contributed by atoms with E-state index in [1.807, 2.05) is 0 Å². The number of amides is 2. The van der Waals surface area contributed by atoms with Crippen molar-refractivity contribution in [2.75, 3.05) is 65.9 Å². The number of carbonyl (C=O) groups excluding carboxylic acids is 4. The van der Waals surface area contributed by atoms with E-state index in [2.05, 4.69) is 32.5 Å². The lowest BCUT2D eigenvalue weighted by molar-refractivity contribution is -0.145. The van der Waals surface area contributed by atoms with Crippen LogP contribution in [0.2, 0.25) is 0 Å². The third-order valence-corrected chi connectivity index (χ3v) is 11.1. The van der Waals surface area contributed by atoms with Gasteiger partial charge in [0.2, 0.25) is 11.8 Å².